The molecule has 0 radical (unpaired) electrons. The largest absolute Gasteiger partial charge is 0.508 e. The summed E-state index contributed by atoms with van der Waals surface area (Å²) in [7, 11) is 0. The second-order valence-electron chi connectivity index (χ2n) is 3.81. The van der Waals surface area contributed by atoms with Gasteiger partial charge in [0, 0.05) is 17.7 Å². The Kier molecular flexibility index (Phi) is 7.10. The maximum Gasteiger partial charge on any atom is 0.131 e. The topological polar surface area (TPSA) is 46.2 Å². The standard InChI is InChI=1S/C12H18FNO.ClH/c1-2-3-4-5-12(14)10-7-6-9(15)8-11(10)13;/h6-8,12,15H,2-5,14H2,1H3;1H/t12-;/m0./s1. The van der Waals surface area contributed by atoms with Crippen molar-refractivity contribution in [1.29, 1.82) is 0 Å². The lowest BCUT2D eigenvalue weighted by molar-refractivity contribution is 0.464. The highest BCUT2D eigenvalue weighted by atomic mass is 35.5. The van der Waals surface area contributed by atoms with E-state index in [1.807, 2.05) is 0 Å². The fourth-order valence-electron chi connectivity index (χ4n) is 1.59. The molecule has 92 valence electrons. The molecule has 1 aromatic rings. The molecule has 0 spiro atoms. The third kappa shape index (κ3) is 4.37. The number of phenols is 1. The van der Waals surface area contributed by atoms with Gasteiger partial charge < -0.3 is 10.8 Å². The summed E-state index contributed by atoms with van der Waals surface area (Å²) in [4.78, 5) is 0. The summed E-state index contributed by atoms with van der Waals surface area (Å²) in [5.74, 6) is -0.476. The molecule has 0 aliphatic rings. The van der Waals surface area contributed by atoms with E-state index in [0.29, 0.717) is 5.56 Å². The lowest BCUT2D eigenvalue weighted by Gasteiger charge is -2.12. The first-order chi connectivity index (χ1) is 7.15. The van der Waals surface area contributed by atoms with Gasteiger partial charge in [-0.1, -0.05) is 32.3 Å². The molecule has 0 bridgehead atoms. The second kappa shape index (κ2) is 7.47. The summed E-state index contributed by atoms with van der Waals surface area (Å²) in [6.45, 7) is 2.12. The van der Waals surface area contributed by atoms with Crippen molar-refractivity contribution in [1.82, 2.24) is 0 Å². The molecule has 0 aliphatic heterocycles. The molecular weight excluding hydrogens is 229 g/mol. The summed E-state index contributed by atoms with van der Waals surface area (Å²) >= 11 is 0. The van der Waals surface area contributed by atoms with Crippen LogP contribution in [-0.2, 0) is 0 Å². The minimum absolute atomic E-state index is 0. The van der Waals surface area contributed by atoms with Crippen molar-refractivity contribution in [3.8, 4) is 5.75 Å². The van der Waals surface area contributed by atoms with Crippen molar-refractivity contribution in [2.75, 3.05) is 0 Å². The van der Waals surface area contributed by atoms with Crippen LogP contribution in [0.15, 0.2) is 18.2 Å². The average molecular weight is 248 g/mol. The zero-order valence-electron chi connectivity index (χ0n) is 9.45. The molecule has 0 fully saturated rings. The van der Waals surface area contributed by atoms with Gasteiger partial charge in [-0.15, -0.1) is 12.4 Å². The number of unbranched alkanes of at least 4 members (excludes halogenated alkanes) is 2. The Morgan fingerprint density at radius 2 is 2.06 bits per heavy atom. The number of benzene rings is 1. The lowest BCUT2D eigenvalue weighted by atomic mass is 10.0. The number of halogens is 2. The van der Waals surface area contributed by atoms with Gasteiger partial charge in [-0.3, -0.25) is 0 Å². The third-order valence-electron chi connectivity index (χ3n) is 2.50. The minimum Gasteiger partial charge on any atom is -0.508 e. The molecule has 4 heteroatoms. The summed E-state index contributed by atoms with van der Waals surface area (Å²) in [6, 6.07) is 3.87. The van der Waals surface area contributed by atoms with Crippen molar-refractivity contribution < 1.29 is 9.50 Å². The van der Waals surface area contributed by atoms with Gasteiger partial charge in [0.1, 0.15) is 11.6 Å². The molecule has 3 N–H and O–H groups in total. The van der Waals surface area contributed by atoms with Gasteiger partial charge in [0.05, 0.1) is 0 Å². The molecule has 16 heavy (non-hydrogen) atoms. The van der Waals surface area contributed by atoms with Crippen molar-refractivity contribution in [2.45, 2.75) is 38.6 Å². The Bertz CT molecular complexity index is 320. The van der Waals surface area contributed by atoms with Crippen LogP contribution in [0.2, 0.25) is 0 Å². The van der Waals surface area contributed by atoms with Gasteiger partial charge >= 0.3 is 0 Å². The average Bonchev–Trinajstić information content (AvgIpc) is 2.17. The van der Waals surface area contributed by atoms with Gasteiger partial charge in [-0.2, -0.15) is 0 Å². The summed E-state index contributed by atoms with van der Waals surface area (Å²) in [6.07, 6.45) is 4.05. The van der Waals surface area contributed by atoms with Crippen molar-refractivity contribution in [3.05, 3.63) is 29.6 Å². The van der Waals surface area contributed by atoms with Gasteiger partial charge in [0.15, 0.2) is 0 Å². The molecule has 0 aromatic heterocycles. The van der Waals surface area contributed by atoms with E-state index in [9.17, 15) is 4.39 Å². The van der Waals surface area contributed by atoms with Crippen LogP contribution in [0.3, 0.4) is 0 Å². The van der Waals surface area contributed by atoms with E-state index in [1.54, 1.807) is 6.07 Å². The predicted molar refractivity (Wildman–Crippen MR) is 66.4 cm³/mol. The highest BCUT2D eigenvalue weighted by Gasteiger charge is 2.11. The first kappa shape index (κ1) is 15.2. The predicted octanol–water partition coefficient (Wildman–Crippen LogP) is 3.53. The monoisotopic (exact) mass is 247 g/mol. The van der Waals surface area contributed by atoms with E-state index >= 15 is 0 Å². The molecule has 1 rings (SSSR count). The Labute approximate surface area is 102 Å². The normalized spacial score (nSPS) is 11.9. The molecule has 0 saturated carbocycles. The van der Waals surface area contributed by atoms with Crippen LogP contribution in [0, 0.1) is 5.82 Å². The highest BCUT2D eigenvalue weighted by Crippen LogP contribution is 2.23. The lowest BCUT2D eigenvalue weighted by Crippen LogP contribution is -2.11. The van der Waals surface area contributed by atoms with Crippen LogP contribution in [0.4, 0.5) is 4.39 Å². The quantitative estimate of drug-likeness (QED) is 0.782. The molecule has 2 nitrogen and oxygen atoms in total. The number of nitrogens with two attached hydrogens (primary N) is 1. The van der Waals surface area contributed by atoms with Crippen molar-refractivity contribution in [2.24, 2.45) is 5.73 Å². The first-order valence-electron chi connectivity index (χ1n) is 5.39. The van der Waals surface area contributed by atoms with Crippen LogP contribution in [-0.4, -0.2) is 5.11 Å². The number of aromatic hydroxyl groups is 1. The van der Waals surface area contributed by atoms with Crippen molar-refractivity contribution >= 4 is 12.4 Å². The number of hydrogen-bond donors (Lipinski definition) is 2. The summed E-state index contributed by atoms with van der Waals surface area (Å²) < 4.78 is 13.4. The molecule has 0 aliphatic carbocycles. The Morgan fingerprint density at radius 3 is 2.62 bits per heavy atom. The molecule has 1 aromatic carbocycles. The van der Waals surface area contributed by atoms with Gasteiger partial charge in [0.25, 0.3) is 0 Å². The van der Waals surface area contributed by atoms with Crippen molar-refractivity contribution in [3.63, 3.8) is 0 Å². The van der Waals surface area contributed by atoms with E-state index < -0.39 is 5.82 Å². The maximum absolute atomic E-state index is 13.4. The van der Waals surface area contributed by atoms with Crippen LogP contribution >= 0.6 is 12.4 Å². The first-order valence-corrected chi connectivity index (χ1v) is 5.39. The smallest absolute Gasteiger partial charge is 0.131 e. The Balaban J connectivity index is 0.00000225. The van der Waals surface area contributed by atoms with E-state index in [0.717, 1.165) is 31.7 Å². The molecular formula is C12H19ClFNO. The summed E-state index contributed by atoms with van der Waals surface area (Å²) in [5.41, 5.74) is 6.35. The van der Waals surface area contributed by atoms with E-state index in [2.05, 4.69) is 6.92 Å². The molecule has 0 amide bonds. The number of phenolic OH excluding ortho intramolecular Hbond substituents is 1. The van der Waals surface area contributed by atoms with E-state index in [-0.39, 0.29) is 24.2 Å². The van der Waals surface area contributed by atoms with Gasteiger partial charge in [-0.05, 0) is 12.5 Å². The minimum atomic E-state index is -0.418. The summed E-state index contributed by atoms with van der Waals surface area (Å²) in [5, 5.41) is 9.05. The Morgan fingerprint density at radius 1 is 1.38 bits per heavy atom. The maximum atomic E-state index is 13.4. The number of rotatable bonds is 5. The molecule has 0 unspecified atom stereocenters. The fourth-order valence-corrected chi connectivity index (χ4v) is 1.59. The molecule has 0 saturated heterocycles. The van der Waals surface area contributed by atoms with Gasteiger partial charge in [0.2, 0.25) is 0 Å². The molecule has 1 atom stereocenters. The van der Waals surface area contributed by atoms with Crippen LogP contribution in [0.1, 0.15) is 44.2 Å². The molecule has 0 heterocycles. The van der Waals surface area contributed by atoms with Gasteiger partial charge in [-0.25, -0.2) is 4.39 Å². The van der Waals surface area contributed by atoms with Crippen LogP contribution < -0.4 is 5.73 Å². The highest BCUT2D eigenvalue weighted by molar-refractivity contribution is 5.85. The van der Waals surface area contributed by atoms with E-state index in [4.69, 9.17) is 10.8 Å². The number of hydrogen-bond acceptors (Lipinski definition) is 2. The van der Waals surface area contributed by atoms with Crippen LogP contribution in [0.5, 0.6) is 5.75 Å². The second-order valence-corrected chi connectivity index (χ2v) is 3.81. The zero-order valence-corrected chi connectivity index (χ0v) is 10.3. The zero-order chi connectivity index (χ0) is 11.3. The Hall–Kier alpha value is -0.800. The van der Waals surface area contributed by atoms with Crippen LogP contribution in [0.25, 0.3) is 0 Å². The third-order valence-corrected chi connectivity index (χ3v) is 2.50. The fraction of sp³-hybridized carbons (Fsp3) is 0.500. The SMILES string of the molecule is CCCCC[C@H](N)c1ccc(O)cc1F.Cl. The van der Waals surface area contributed by atoms with E-state index in [1.165, 1.54) is 6.07 Å².